The molecule has 0 aliphatic heterocycles. The molecule has 4 aromatic heterocycles. The first-order valence-corrected chi connectivity index (χ1v) is 7.93. The molecule has 2 N–H and O–H groups in total. The fourth-order valence-corrected chi connectivity index (χ4v) is 2.66. The van der Waals surface area contributed by atoms with Gasteiger partial charge in [0.05, 0.1) is 35.2 Å². The van der Waals surface area contributed by atoms with Crippen molar-refractivity contribution in [3.8, 4) is 45.4 Å². The molecule has 0 radical (unpaired) electrons. The molecule has 0 saturated carbocycles. The van der Waals surface area contributed by atoms with Crippen LogP contribution < -0.4 is 0 Å². The lowest BCUT2D eigenvalue weighted by Crippen LogP contribution is -1.93. The second-order valence-electron chi connectivity index (χ2n) is 5.60. The summed E-state index contributed by atoms with van der Waals surface area (Å²) in [5.74, 6) is 0.140. The van der Waals surface area contributed by atoms with Crippen molar-refractivity contribution in [3.63, 3.8) is 0 Å². The second kappa shape index (κ2) is 6.60. The molecule has 0 spiro atoms. The molecule has 0 unspecified atom stereocenters. The van der Waals surface area contributed by atoms with Crippen LogP contribution in [0, 0.1) is 0 Å². The van der Waals surface area contributed by atoms with Crippen molar-refractivity contribution in [2.24, 2.45) is 0 Å². The molecular weight excluding hydrogens is 328 g/mol. The summed E-state index contributed by atoms with van der Waals surface area (Å²) in [5, 5.41) is 20.0. The van der Waals surface area contributed by atoms with E-state index in [9.17, 15) is 10.2 Å². The third-order valence-electron chi connectivity index (χ3n) is 3.91. The zero-order valence-electron chi connectivity index (χ0n) is 13.6. The molecule has 0 bridgehead atoms. The third-order valence-corrected chi connectivity index (χ3v) is 3.91. The molecule has 0 aliphatic carbocycles. The lowest BCUT2D eigenvalue weighted by molar-refractivity contribution is 0.474. The Kier molecular flexibility index (Phi) is 3.99. The Morgan fingerprint density at radius 1 is 0.538 bits per heavy atom. The molecule has 126 valence electrons. The van der Waals surface area contributed by atoms with Gasteiger partial charge in [-0.25, -0.2) is 9.97 Å². The van der Waals surface area contributed by atoms with Crippen LogP contribution in [0.4, 0.5) is 0 Å². The summed E-state index contributed by atoms with van der Waals surface area (Å²) in [6.07, 6.45) is 5.98. The molecule has 0 aliphatic rings. The molecule has 6 nitrogen and oxygen atoms in total. The zero-order chi connectivity index (χ0) is 17.9. The van der Waals surface area contributed by atoms with E-state index in [2.05, 4.69) is 19.9 Å². The van der Waals surface area contributed by atoms with E-state index < -0.39 is 0 Å². The van der Waals surface area contributed by atoms with Crippen molar-refractivity contribution in [1.29, 1.82) is 0 Å². The number of pyridine rings is 4. The van der Waals surface area contributed by atoms with Crippen molar-refractivity contribution < 1.29 is 10.2 Å². The highest BCUT2D eigenvalue weighted by atomic mass is 16.3. The summed E-state index contributed by atoms with van der Waals surface area (Å²) >= 11 is 0. The first-order valence-electron chi connectivity index (χ1n) is 7.93. The highest BCUT2D eigenvalue weighted by Gasteiger charge is 2.10. The van der Waals surface area contributed by atoms with Gasteiger partial charge in [0.2, 0.25) is 0 Å². The first kappa shape index (κ1) is 15.7. The van der Waals surface area contributed by atoms with Crippen LogP contribution in [0.2, 0.25) is 0 Å². The monoisotopic (exact) mass is 342 g/mol. The minimum Gasteiger partial charge on any atom is -0.506 e. The summed E-state index contributed by atoms with van der Waals surface area (Å²) in [5.41, 5.74) is 3.78. The van der Waals surface area contributed by atoms with E-state index in [0.717, 1.165) is 0 Å². The van der Waals surface area contributed by atoms with Gasteiger partial charge in [-0.15, -0.1) is 0 Å². The van der Waals surface area contributed by atoms with Crippen molar-refractivity contribution in [2.75, 3.05) is 0 Å². The predicted octanol–water partition coefficient (Wildman–Crippen LogP) is 3.68. The molecule has 26 heavy (non-hydrogen) atoms. The maximum Gasteiger partial charge on any atom is 0.143 e. The van der Waals surface area contributed by atoms with Crippen LogP contribution in [0.25, 0.3) is 33.9 Å². The summed E-state index contributed by atoms with van der Waals surface area (Å²) in [4.78, 5) is 17.0. The highest BCUT2D eigenvalue weighted by molar-refractivity contribution is 5.71. The second-order valence-corrected chi connectivity index (χ2v) is 5.60. The minimum atomic E-state index is 0.0700. The minimum absolute atomic E-state index is 0.0700. The molecule has 4 heterocycles. The molecule has 0 fully saturated rings. The Morgan fingerprint density at radius 3 is 1.38 bits per heavy atom. The van der Waals surface area contributed by atoms with Crippen molar-refractivity contribution >= 4 is 0 Å². The zero-order valence-corrected chi connectivity index (χ0v) is 13.6. The van der Waals surface area contributed by atoms with E-state index in [0.29, 0.717) is 33.9 Å². The Hall–Kier alpha value is -3.80. The Bertz CT molecular complexity index is 995. The third kappa shape index (κ3) is 2.95. The average molecular weight is 342 g/mol. The topological polar surface area (TPSA) is 92.0 Å². The van der Waals surface area contributed by atoms with Crippen LogP contribution in [0.3, 0.4) is 0 Å². The van der Waals surface area contributed by atoms with Gasteiger partial charge in [-0.3, -0.25) is 9.97 Å². The Morgan fingerprint density at radius 2 is 0.962 bits per heavy atom. The fraction of sp³-hybridized carbons (Fsp3) is 0. The smallest absolute Gasteiger partial charge is 0.143 e. The maximum atomic E-state index is 10.00. The largest absolute Gasteiger partial charge is 0.506 e. The highest BCUT2D eigenvalue weighted by Crippen LogP contribution is 2.30. The number of aromatic hydroxyl groups is 2. The van der Waals surface area contributed by atoms with Crippen molar-refractivity contribution in [2.45, 2.75) is 0 Å². The summed E-state index contributed by atoms with van der Waals surface area (Å²) in [7, 11) is 0. The van der Waals surface area contributed by atoms with Gasteiger partial charge in [0.25, 0.3) is 0 Å². The fourth-order valence-electron chi connectivity index (χ4n) is 2.66. The van der Waals surface area contributed by atoms with Gasteiger partial charge < -0.3 is 10.2 Å². The Labute approximate surface area is 149 Å². The van der Waals surface area contributed by atoms with Crippen LogP contribution in [-0.2, 0) is 0 Å². The normalized spacial score (nSPS) is 10.6. The van der Waals surface area contributed by atoms with Gasteiger partial charge in [-0.05, 0) is 36.4 Å². The van der Waals surface area contributed by atoms with E-state index in [4.69, 9.17) is 0 Å². The Balaban J connectivity index is 1.78. The number of nitrogens with zero attached hydrogens (tertiary/aromatic N) is 4. The van der Waals surface area contributed by atoms with Crippen LogP contribution in [0.5, 0.6) is 11.5 Å². The molecule has 6 heteroatoms. The molecule has 0 atom stereocenters. The van der Waals surface area contributed by atoms with Crippen molar-refractivity contribution in [1.82, 2.24) is 19.9 Å². The molecular formula is C20H14N4O2. The van der Waals surface area contributed by atoms with E-state index in [1.54, 1.807) is 24.5 Å². The van der Waals surface area contributed by atoms with Crippen LogP contribution >= 0.6 is 0 Å². The molecule has 0 saturated heterocycles. The average Bonchev–Trinajstić information content (AvgIpc) is 2.69. The summed E-state index contributed by atoms with van der Waals surface area (Å²) in [6.45, 7) is 0. The van der Waals surface area contributed by atoms with Gasteiger partial charge in [0.1, 0.15) is 11.5 Å². The summed E-state index contributed by atoms with van der Waals surface area (Å²) in [6, 6.07) is 14.5. The lowest BCUT2D eigenvalue weighted by atomic mass is 10.1. The quantitative estimate of drug-likeness (QED) is 0.590. The first-order chi connectivity index (χ1) is 12.7. The van der Waals surface area contributed by atoms with Crippen LogP contribution in [0.15, 0.2) is 73.3 Å². The molecule has 4 rings (SSSR count). The van der Waals surface area contributed by atoms with Gasteiger partial charge in [0, 0.05) is 23.5 Å². The molecule has 4 aromatic rings. The number of rotatable bonds is 3. The van der Waals surface area contributed by atoms with Gasteiger partial charge in [-0.2, -0.15) is 0 Å². The van der Waals surface area contributed by atoms with E-state index in [1.165, 1.54) is 12.4 Å². The van der Waals surface area contributed by atoms with Crippen LogP contribution in [-0.4, -0.2) is 30.1 Å². The number of aromatic nitrogens is 4. The van der Waals surface area contributed by atoms with E-state index in [1.807, 2.05) is 36.4 Å². The SMILES string of the molecule is Oc1cnccc1-c1cccc(-c2cccc(-c3ccncc3O)n2)n1. The van der Waals surface area contributed by atoms with Gasteiger partial charge in [0.15, 0.2) is 0 Å². The standard InChI is InChI=1S/C20H14N4O2/c25-19-11-21-9-7-13(19)15-3-1-5-17(23-15)18-6-2-4-16(24-18)14-8-10-22-12-20(14)26/h1-12,25-26H. The maximum absolute atomic E-state index is 10.00. The van der Waals surface area contributed by atoms with E-state index >= 15 is 0 Å². The van der Waals surface area contributed by atoms with Gasteiger partial charge >= 0.3 is 0 Å². The number of hydrogen-bond acceptors (Lipinski definition) is 6. The number of hydrogen-bond donors (Lipinski definition) is 2. The predicted molar refractivity (Wildman–Crippen MR) is 97.3 cm³/mol. The van der Waals surface area contributed by atoms with Crippen molar-refractivity contribution in [3.05, 3.63) is 73.3 Å². The molecule has 0 amide bonds. The summed E-state index contributed by atoms with van der Waals surface area (Å²) < 4.78 is 0. The molecule has 0 aromatic carbocycles. The van der Waals surface area contributed by atoms with Crippen LogP contribution in [0.1, 0.15) is 0 Å². The van der Waals surface area contributed by atoms with Gasteiger partial charge in [-0.1, -0.05) is 12.1 Å². The lowest BCUT2D eigenvalue weighted by Gasteiger charge is -2.08. The van der Waals surface area contributed by atoms with E-state index in [-0.39, 0.29) is 11.5 Å².